The molecule has 1 aliphatic carbocycles. The molecule has 0 bridgehead atoms. The predicted octanol–water partition coefficient (Wildman–Crippen LogP) is 0.842. The van der Waals surface area contributed by atoms with Crippen molar-refractivity contribution < 1.29 is 8.42 Å². The fraction of sp³-hybridized carbons (Fsp3) is 0.545. The summed E-state index contributed by atoms with van der Waals surface area (Å²) in [5, 5.41) is 0. The van der Waals surface area contributed by atoms with Gasteiger partial charge in [-0.25, -0.2) is 13.1 Å². The van der Waals surface area contributed by atoms with Crippen molar-refractivity contribution in [1.29, 1.82) is 0 Å². The summed E-state index contributed by atoms with van der Waals surface area (Å²) < 4.78 is 26.5. The molecule has 1 atom stereocenters. The van der Waals surface area contributed by atoms with Gasteiger partial charge in [0.05, 0.1) is 4.90 Å². The maximum atomic E-state index is 11.9. The smallest absolute Gasteiger partial charge is 0.247 e. The summed E-state index contributed by atoms with van der Waals surface area (Å²) in [5.41, 5.74) is -0.310. The minimum atomic E-state index is -3.51. The molecule has 1 aromatic heterocycles. The standard InChI is InChI=1S/C11H16N2O3S/c1-8(6-9-2-3-9)13-17(15,16)10-4-5-11(14)12-7-10/h4-5,7-9,13H,2-3,6H2,1H3,(H,12,14). The molecule has 6 heteroatoms. The van der Waals surface area contributed by atoms with Gasteiger partial charge in [-0.2, -0.15) is 0 Å². The van der Waals surface area contributed by atoms with Gasteiger partial charge < -0.3 is 4.98 Å². The van der Waals surface area contributed by atoms with Crippen LogP contribution >= 0.6 is 0 Å². The van der Waals surface area contributed by atoms with Crippen LogP contribution in [0.3, 0.4) is 0 Å². The molecule has 94 valence electrons. The van der Waals surface area contributed by atoms with Crippen LogP contribution in [0.2, 0.25) is 0 Å². The molecule has 1 aliphatic rings. The van der Waals surface area contributed by atoms with Crippen LogP contribution in [0, 0.1) is 5.92 Å². The number of sulfonamides is 1. The Labute approximate surface area is 100 Å². The van der Waals surface area contributed by atoms with Gasteiger partial charge in [0.2, 0.25) is 15.6 Å². The van der Waals surface area contributed by atoms with Crippen molar-refractivity contribution in [2.75, 3.05) is 0 Å². The molecule has 2 rings (SSSR count). The molecule has 5 nitrogen and oxygen atoms in total. The minimum Gasteiger partial charge on any atom is -0.328 e. The lowest BCUT2D eigenvalue weighted by Crippen LogP contribution is -2.33. The first-order valence-electron chi connectivity index (χ1n) is 5.68. The highest BCUT2D eigenvalue weighted by molar-refractivity contribution is 7.89. The van der Waals surface area contributed by atoms with E-state index < -0.39 is 10.0 Å². The summed E-state index contributed by atoms with van der Waals surface area (Å²) in [6.07, 6.45) is 4.49. The molecule has 17 heavy (non-hydrogen) atoms. The maximum absolute atomic E-state index is 11.9. The molecule has 0 aromatic carbocycles. The largest absolute Gasteiger partial charge is 0.328 e. The second-order valence-electron chi connectivity index (χ2n) is 4.59. The van der Waals surface area contributed by atoms with Crippen LogP contribution in [-0.2, 0) is 10.0 Å². The number of pyridine rings is 1. The molecule has 1 fully saturated rings. The summed E-state index contributed by atoms with van der Waals surface area (Å²) >= 11 is 0. The minimum absolute atomic E-state index is 0.0700. The summed E-state index contributed by atoms with van der Waals surface area (Å²) in [6.45, 7) is 1.86. The quantitative estimate of drug-likeness (QED) is 0.819. The molecule has 0 amide bonds. The van der Waals surface area contributed by atoms with Gasteiger partial charge in [-0.05, 0) is 25.3 Å². The highest BCUT2D eigenvalue weighted by atomic mass is 32.2. The van der Waals surface area contributed by atoms with E-state index in [2.05, 4.69) is 9.71 Å². The molecule has 0 aliphatic heterocycles. The van der Waals surface area contributed by atoms with Crippen LogP contribution in [-0.4, -0.2) is 19.4 Å². The number of H-pyrrole nitrogens is 1. The molecule has 0 saturated heterocycles. The van der Waals surface area contributed by atoms with E-state index in [0.717, 1.165) is 6.42 Å². The third-order valence-corrected chi connectivity index (χ3v) is 4.39. The van der Waals surface area contributed by atoms with Crippen LogP contribution in [0.1, 0.15) is 26.2 Å². The first kappa shape index (κ1) is 12.3. The summed E-state index contributed by atoms with van der Waals surface area (Å²) in [7, 11) is -3.51. The van der Waals surface area contributed by atoms with Crippen molar-refractivity contribution in [3.8, 4) is 0 Å². The van der Waals surface area contributed by atoms with Crippen molar-refractivity contribution in [3.63, 3.8) is 0 Å². The lowest BCUT2D eigenvalue weighted by Gasteiger charge is -2.13. The van der Waals surface area contributed by atoms with Gasteiger partial charge in [-0.1, -0.05) is 12.8 Å². The van der Waals surface area contributed by atoms with E-state index >= 15 is 0 Å². The fourth-order valence-electron chi connectivity index (χ4n) is 1.80. The van der Waals surface area contributed by atoms with Crippen molar-refractivity contribution in [1.82, 2.24) is 9.71 Å². The van der Waals surface area contributed by atoms with E-state index in [4.69, 9.17) is 0 Å². The van der Waals surface area contributed by atoms with E-state index in [1.54, 1.807) is 0 Å². The van der Waals surface area contributed by atoms with Crippen molar-refractivity contribution >= 4 is 10.0 Å². The Morgan fingerprint density at radius 3 is 2.71 bits per heavy atom. The number of aromatic amines is 1. The van der Waals surface area contributed by atoms with Gasteiger partial charge in [-0.15, -0.1) is 0 Å². The van der Waals surface area contributed by atoms with Crippen LogP contribution in [0.4, 0.5) is 0 Å². The van der Waals surface area contributed by atoms with E-state index in [9.17, 15) is 13.2 Å². The Morgan fingerprint density at radius 2 is 2.18 bits per heavy atom. The first-order valence-corrected chi connectivity index (χ1v) is 7.17. The number of hydrogen-bond acceptors (Lipinski definition) is 3. The monoisotopic (exact) mass is 256 g/mol. The third kappa shape index (κ3) is 3.41. The van der Waals surface area contributed by atoms with E-state index in [-0.39, 0.29) is 16.5 Å². The number of nitrogens with one attached hydrogen (secondary N) is 2. The van der Waals surface area contributed by atoms with Gasteiger partial charge in [0.25, 0.3) is 0 Å². The zero-order valence-electron chi connectivity index (χ0n) is 9.64. The molecule has 1 saturated carbocycles. The van der Waals surface area contributed by atoms with Gasteiger partial charge in [0.1, 0.15) is 0 Å². The first-order chi connectivity index (χ1) is 7.97. The molecule has 1 aromatic rings. The molecule has 0 spiro atoms. The van der Waals surface area contributed by atoms with Crippen molar-refractivity contribution in [2.45, 2.75) is 37.1 Å². The lowest BCUT2D eigenvalue weighted by molar-refractivity contribution is 0.529. The van der Waals surface area contributed by atoms with Crippen LogP contribution in [0.5, 0.6) is 0 Å². The van der Waals surface area contributed by atoms with Crippen LogP contribution in [0.15, 0.2) is 28.0 Å². The second-order valence-corrected chi connectivity index (χ2v) is 6.30. The SMILES string of the molecule is CC(CC1CC1)NS(=O)(=O)c1ccc(=O)[nH]c1. The average Bonchev–Trinajstić information content (AvgIpc) is 3.01. The number of rotatable bonds is 5. The summed E-state index contributed by atoms with van der Waals surface area (Å²) in [6, 6.07) is 2.45. The molecule has 1 unspecified atom stereocenters. The molecule has 2 N–H and O–H groups in total. The van der Waals surface area contributed by atoms with E-state index in [0.29, 0.717) is 5.92 Å². The summed E-state index contributed by atoms with van der Waals surface area (Å²) in [4.78, 5) is 13.3. The predicted molar refractivity (Wildman–Crippen MR) is 64.2 cm³/mol. The molecule has 0 radical (unpaired) electrons. The molecule has 1 heterocycles. The van der Waals surface area contributed by atoms with E-state index in [1.165, 1.54) is 31.2 Å². The number of hydrogen-bond donors (Lipinski definition) is 2. The van der Waals surface area contributed by atoms with Crippen molar-refractivity contribution in [3.05, 3.63) is 28.7 Å². The van der Waals surface area contributed by atoms with Gasteiger partial charge in [-0.3, -0.25) is 4.79 Å². The Kier molecular flexibility index (Phi) is 3.35. The lowest BCUT2D eigenvalue weighted by atomic mass is 10.2. The normalized spacial score (nSPS) is 17.9. The Balaban J connectivity index is 2.06. The number of aromatic nitrogens is 1. The zero-order valence-corrected chi connectivity index (χ0v) is 10.5. The van der Waals surface area contributed by atoms with Gasteiger partial charge >= 0.3 is 0 Å². The Bertz CT molecular complexity index is 526. The van der Waals surface area contributed by atoms with Crippen molar-refractivity contribution in [2.24, 2.45) is 5.92 Å². The topological polar surface area (TPSA) is 79.0 Å². The highest BCUT2D eigenvalue weighted by Gasteiger charge is 2.26. The summed E-state index contributed by atoms with van der Waals surface area (Å²) in [5.74, 6) is 0.670. The Morgan fingerprint density at radius 1 is 1.47 bits per heavy atom. The molecular formula is C11H16N2O3S. The highest BCUT2D eigenvalue weighted by Crippen LogP contribution is 2.33. The fourth-order valence-corrected chi connectivity index (χ4v) is 3.02. The third-order valence-electron chi connectivity index (χ3n) is 2.81. The van der Waals surface area contributed by atoms with Gasteiger partial charge in [0.15, 0.2) is 0 Å². The Hall–Kier alpha value is -1.14. The van der Waals surface area contributed by atoms with Crippen LogP contribution in [0.25, 0.3) is 0 Å². The van der Waals surface area contributed by atoms with Crippen LogP contribution < -0.4 is 10.3 Å². The second kappa shape index (κ2) is 4.62. The average molecular weight is 256 g/mol. The maximum Gasteiger partial charge on any atom is 0.247 e. The molecular weight excluding hydrogens is 240 g/mol. The zero-order chi connectivity index (χ0) is 12.5. The van der Waals surface area contributed by atoms with Gasteiger partial charge in [0, 0.05) is 18.3 Å². The van der Waals surface area contributed by atoms with E-state index in [1.807, 2.05) is 6.92 Å².